The first-order chi connectivity index (χ1) is 12.7. The van der Waals surface area contributed by atoms with Gasteiger partial charge in [0.1, 0.15) is 0 Å². The van der Waals surface area contributed by atoms with Gasteiger partial charge in [-0.3, -0.25) is 4.79 Å². The number of hydrogen-bond donors (Lipinski definition) is 2. The number of nitrogens with one attached hydrogen (secondary N) is 2. The van der Waals surface area contributed by atoms with Gasteiger partial charge in [-0.25, -0.2) is 13.1 Å². The summed E-state index contributed by atoms with van der Waals surface area (Å²) in [5, 5.41) is 0.963. The third-order valence-corrected chi connectivity index (χ3v) is 6.03. The van der Waals surface area contributed by atoms with Gasteiger partial charge in [0.25, 0.3) is 5.56 Å². The van der Waals surface area contributed by atoms with Gasteiger partial charge in [0.05, 0.1) is 11.3 Å². The number of fused-ring (bicyclic) bond motifs is 1. The summed E-state index contributed by atoms with van der Waals surface area (Å²) in [7, 11) is -3.46. The molecule has 0 saturated heterocycles. The molecule has 0 amide bonds. The monoisotopic (exact) mass is 384 g/mol. The second kappa shape index (κ2) is 7.66. The van der Waals surface area contributed by atoms with Crippen LogP contribution in [0.3, 0.4) is 0 Å². The predicted octanol–water partition coefficient (Wildman–Crippen LogP) is 3.12. The highest BCUT2D eigenvalue weighted by Crippen LogP contribution is 2.18. The standard InChI is InChI=1S/C21H24N2O3S/c1-14-10-16(3)20-19(11-14)12-17(21(24)23-20)8-9-22-27(25,26)13-18-7-5-4-6-15(18)2/h4-7,10-12,22H,8-9,13H2,1-3H3,(H,23,24). The Morgan fingerprint density at radius 3 is 2.44 bits per heavy atom. The van der Waals surface area contributed by atoms with Crippen molar-refractivity contribution in [2.45, 2.75) is 32.9 Å². The van der Waals surface area contributed by atoms with E-state index in [0.717, 1.165) is 33.2 Å². The molecule has 5 nitrogen and oxygen atoms in total. The number of aryl methyl sites for hydroxylation is 3. The maximum absolute atomic E-state index is 12.3. The van der Waals surface area contributed by atoms with Crippen molar-refractivity contribution in [2.24, 2.45) is 0 Å². The van der Waals surface area contributed by atoms with Crippen molar-refractivity contribution < 1.29 is 8.42 Å². The summed E-state index contributed by atoms with van der Waals surface area (Å²) < 4.78 is 27.3. The van der Waals surface area contributed by atoms with Crippen LogP contribution in [0.15, 0.2) is 47.3 Å². The third kappa shape index (κ3) is 4.64. The molecule has 0 unspecified atom stereocenters. The zero-order valence-corrected chi connectivity index (χ0v) is 16.6. The van der Waals surface area contributed by atoms with E-state index < -0.39 is 10.0 Å². The molecule has 0 aliphatic rings. The number of aromatic nitrogens is 1. The average molecular weight is 385 g/mol. The fraction of sp³-hybridized carbons (Fsp3) is 0.286. The molecule has 0 atom stereocenters. The largest absolute Gasteiger partial charge is 0.321 e. The molecule has 0 saturated carbocycles. The van der Waals surface area contributed by atoms with Gasteiger partial charge in [0.15, 0.2) is 0 Å². The lowest BCUT2D eigenvalue weighted by Gasteiger charge is -2.10. The normalized spacial score (nSPS) is 11.8. The van der Waals surface area contributed by atoms with Crippen LogP contribution in [-0.2, 0) is 22.2 Å². The van der Waals surface area contributed by atoms with Crippen molar-refractivity contribution >= 4 is 20.9 Å². The first-order valence-corrected chi connectivity index (χ1v) is 10.6. The molecule has 1 aromatic heterocycles. The van der Waals surface area contributed by atoms with Crippen molar-refractivity contribution in [3.05, 3.63) is 80.6 Å². The SMILES string of the molecule is Cc1cc(C)c2[nH]c(=O)c(CCNS(=O)(=O)Cc3ccccc3C)cc2c1. The Labute approximate surface area is 159 Å². The number of H-pyrrole nitrogens is 1. The summed E-state index contributed by atoms with van der Waals surface area (Å²) in [5.74, 6) is -0.0634. The Kier molecular flexibility index (Phi) is 5.48. The molecule has 3 rings (SSSR count). The molecule has 142 valence electrons. The Balaban J connectivity index is 1.72. The lowest BCUT2D eigenvalue weighted by molar-refractivity contribution is 0.580. The van der Waals surface area contributed by atoms with E-state index in [1.165, 1.54) is 0 Å². The molecule has 2 aromatic carbocycles. The summed E-state index contributed by atoms with van der Waals surface area (Å²) in [6.45, 7) is 6.05. The second-order valence-corrected chi connectivity index (χ2v) is 8.81. The highest BCUT2D eigenvalue weighted by atomic mass is 32.2. The van der Waals surface area contributed by atoms with Crippen LogP contribution < -0.4 is 10.3 Å². The van der Waals surface area contributed by atoms with Crippen LogP contribution in [0, 0.1) is 20.8 Å². The molecule has 1 heterocycles. The number of sulfonamides is 1. The third-order valence-electron chi connectivity index (χ3n) is 4.69. The highest BCUT2D eigenvalue weighted by molar-refractivity contribution is 7.88. The number of benzene rings is 2. The minimum absolute atomic E-state index is 0.0634. The van der Waals surface area contributed by atoms with Gasteiger partial charge in [-0.2, -0.15) is 0 Å². The summed E-state index contributed by atoms with van der Waals surface area (Å²) in [6.07, 6.45) is 0.339. The van der Waals surface area contributed by atoms with E-state index in [2.05, 4.69) is 9.71 Å². The molecule has 0 radical (unpaired) electrons. The van der Waals surface area contributed by atoms with Crippen LogP contribution in [-0.4, -0.2) is 19.9 Å². The van der Waals surface area contributed by atoms with Crippen LogP contribution in [0.25, 0.3) is 10.9 Å². The van der Waals surface area contributed by atoms with Crippen LogP contribution in [0.4, 0.5) is 0 Å². The van der Waals surface area contributed by atoms with Crippen LogP contribution >= 0.6 is 0 Å². The zero-order chi connectivity index (χ0) is 19.6. The van der Waals surface area contributed by atoms with E-state index in [0.29, 0.717) is 12.0 Å². The minimum atomic E-state index is -3.46. The lowest BCUT2D eigenvalue weighted by atomic mass is 10.0. The summed E-state index contributed by atoms with van der Waals surface area (Å²) in [4.78, 5) is 15.2. The molecule has 3 aromatic rings. The molecular formula is C21H24N2O3S. The number of aromatic amines is 1. The van der Waals surface area contributed by atoms with E-state index in [1.807, 2.05) is 63.2 Å². The van der Waals surface area contributed by atoms with E-state index in [-0.39, 0.29) is 17.9 Å². The smallest absolute Gasteiger partial charge is 0.251 e. The predicted molar refractivity (Wildman–Crippen MR) is 110 cm³/mol. The highest BCUT2D eigenvalue weighted by Gasteiger charge is 2.13. The fourth-order valence-electron chi connectivity index (χ4n) is 3.29. The van der Waals surface area contributed by atoms with Gasteiger partial charge in [-0.05, 0) is 61.4 Å². The summed E-state index contributed by atoms with van der Waals surface area (Å²) >= 11 is 0. The molecule has 0 aliphatic heterocycles. The van der Waals surface area contributed by atoms with E-state index in [9.17, 15) is 13.2 Å². The van der Waals surface area contributed by atoms with Crippen molar-refractivity contribution in [1.29, 1.82) is 0 Å². The second-order valence-electron chi connectivity index (χ2n) is 7.00. The van der Waals surface area contributed by atoms with Crippen LogP contribution in [0.5, 0.6) is 0 Å². The van der Waals surface area contributed by atoms with Crippen molar-refractivity contribution in [1.82, 2.24) is 9.71 Å². The molecule has 0 fully saturated rings. The van der Waals surface area contributed by atoms with Gasteiger partial charge in [-0.1, -0.05) is 35.9 Å². The molecule has 2 N–H and O–H groups in total. The van der Waals surface area contributed by atoms with Crippen LogP contribution in [0.2, 0.25) is 0 Å². The molecule has 6 heteroatoms. The fourth-order valence-corrected chi connectivity index (χ4v) is 4.54. The van der Waals surface area contributed by atoms with E-state index in [4.69, 9.17) is 0 Å². The topological polar surface area (TPSA) is 79.0 Å². The number of hydrogen-bond acceptors (Lipinski definition) is 3. The quantitative estimate of drug-likeness (QED) is 0.685. The Morgan fingerprint density at radius 1 is 0.963 bits per heavy atom. The number of rotatable bonds is 6. The first-order valence-electron chi connectivity index (χ1n) is 8.90. The van der Waals surface area contributed by atoms with Crippen molar-refractivity contribution in [2.75, 3.05) is 6.54 Å². The van der Waals surface area contributed by atoms with Gasteiger partial charge in [0, 0.05) is 12.1 Å². The minimum Gasteiger partial charge on any atom is -0.321 e. The summed E-state index contributed by atoms with van der Waals surface area (Å²) in [6, 6.07) is 13.3. The molecule has 0 aliphatic carbocycles. The van der Waals surface area contributed by atoms with Gasteiger partial charge >= 0.3 is 0 Å². The molecule has 27 heavy (non-hydrogen) atoms. The molecule has 0 bridgehead atoms. The van der Waals surface area contributed by atoms with Gasteiger partial charge in [-0.15, -0.1) is 0 Å². The van der Waals surface area contributed by atoms with Crippen LogP contribution in [0.1, 0.15) is 27.8 Å². The average Bonchev–Trinajstić information content (AvgIpc) is 2.58. The molecule has 0 spiro atoms. The van der Waals surface area contributed by atoms with E-state index in [1.54, 1.807) is 0 Å². The zero-order valence-electron chi connectivity index (χ0n) is 15.8. The Bertz CT molecular complexity index is 1150. The maximum atomic E-state index is 12.3. The van der Waals surface area contributed by atoms with E-state index >= 15 is 0 Å². The Hall–Kier alpha value is -2.44. The number of pyridine rings is 1. The summed E-state index contributed by atoms with van der Waals surface area (Å²) in [5.41, 5.74) is 5.09. The maximum Gasteiger partial charge on any atom is 0.251 e. The van der Waals surface area contributed by atoms with Crippen molar-refractivity contribution in [3.8, 4) is 0 Å². The van der Waals surface area contributed by atoms with Gasteiger partial charge < -0.3 is 4.98 Å². The van der Waals surface area contributed by atoms with Gasteiger partial charge in [0.2, 0.25) is 10.0 Å². The lowest BCUT2D eigenvalue weighted by Crippen LogP contribution is -2.29. The first kappa shape index (κ1) is 19.3. The van der Waals surface area contributed by atoms with Crippen molar-refractivity contribution in [3.63, 3.8) is 0 Å². The molecular weight excluding hydrogens is 360 g/mol. The Morgan fingerprint density at radius 2 is 1.70 bits per heavy atom.